The molecule has 2 aromatic carbocycles. The lowest BCUT2D eigenvalue weighted by Crippen LogP contribution is -2.25. The summed E-state index contributed by atoms with van der Waals surface area (Å²) in [5.74, 6) is 0. The van der Waals surface area contributed by atoms with E-state index in [-0.39, 0.29) is 0 Å². The Morgan fingerprint density at radius 2 is 1.85 bits per heavy atom. The van der Waals surface area contributed by atoms with E-state index in [1.807, 2.05) is 30.3 Å². The fourth-order valence-electron chi connectivity index (χ4n) is 3.43. The highest BCUT2D eigenvalue weighted by atomic mass is 32.2. The Balaban J connectivity index is 1.36. The number of thiazole rings is 1. The van der Waals surface area contributed by atoms with E-state index < -0.39 is 10.0 Å². The lowest BCUT2D eigenvalue weighted by atomic mass is 9.92. The van der Waals surface area contributed by atoms with Crippen LogP contribution in [0.2, 0.25) is 0 Å². The maximum atomic E-state index is 12.5. The van der Waals surface area contributed by atoms with Gasteiger partial charge in [0.25, 0.3) is 0 Å². The predicted molar refractivity (Wildman–Crippen MR) is 106 cm³/mol. The zero-order valence-corrected chi connectivity index (χ0v) is 16.2. The third kappa shape index (κ3) is 3.82. The van der Waals surface area contributed by atoms with Crippen LogP contribution in [0.25, 0.3) is 10.2 Å². The SMILES string of the molecule is O=S(=O)(NCCCc1nc2ccccc2s1)c1ccc2c(c1)CCCC2. The van der Waals surface area contributed by atoms with E-state index in [9.17, 15) is 8.42 Å². The Morgan fingerprint density at radius 3 is 2.69 bits per heavy atom. The minimum Gasteiger partial charge on any atom is -0.241 e. The maximum Gasteiger partial charge on any atom is 0.240 e. The maximum absolute atomic E-state index is 12.5. The van der Waals surface area contributed by atoms with Crippen LogP contribution in [-0.4, -0.2) is 19.9 Å². The third-order valence-corrected chi connectivity index (χ3v) is 7.38. The molecule has 1 aliphatic carbocycles. The van der Waals surface area contributed by atoms with Crippen LogP contribution in [0.5, 0.6) is 0 Å². The number of hydrogen-bond donors (Lipinski definition) is 1. The average molecular weight is 387 g/mol. The number of aryl methyl sites for hydroxylation is 3. The quantitative estimate of drug-likeness (QED) is 0.649. The number of aromatic nitrogens is 1. The number of rotatable bonds is 6. The molecule has 3 aromatic rings. The Labute approximate surface area is 158 Å². The highest BCUT2D eigenvalue weighted by molar-refractivity contribution is 7.89. The first-order valence-corrected chi connectivity index (χ1v) is 11.4. The van der Waals surface area contributed by atoms with E-state index in [2.05, 4.69) is 15.8 Å². The van der Waals surface area contributed by atoms with Crippen molar-refractivity contribution in [3.8, 4) is 0 Å². The van der Waals surface area contributed by atoms with Gasteiger partial charge in [-0.05, 0) is 67.5 Å². The lowest BCUT2D eigenvalue weighted by Gasteiger charge is -2.16. The normalized spacial score (nSPS) is 14.5. The van der Waals surface area contributed by atoms with E-state index in [0.29, 0.717) is 11.4 Å². The van der Waals surface area contributed by atoms with Crippen LogP contribution in [0.3, 0.4) is 0 Å². The molecule has 1 N–H and O–H groups in total. The Kier molecular flexibility index (Phi) is 5.07. The highest BCUT2D eigenvalue weighted by Gasteiger charge is 2.17. The monoisotopic (exact) mass is 386 g/mol. The fourth-order valence-corrected chi connectivity index (χ4v) is 5.57. The zero-order valence-electron chi connectivity index (χ0n) is 14.6. The average Bonchev–Trinajstić information content (AvgIpc) is 3.08. The lowest BCUT2D eigenvalue weighted by molar-refractivity contribution is 0.578. The van der Waals surface area contributed by atoms with Gasteiger partial charge in [0, 0.05) is 13.0 Å². The molecule has 0 aliphatic heterocycles. The molecule has 0 bridgehead atoms. The third-order valence-electron chi connectivity index (χ3n) is 4.83. The number of nitrogens with one attached hydrogen (secondary N) is 1. The van der Waals surface area contributed by atoms with Gasteiger partial charge in [0.1, 0.15) is 0 Å². The molecule has 4 nitrogen and oxygen atoms in total. The first kappa shape index (κ1) is 17.6. The second-order valence-corrected chi connectivity index (χ2v) is 9.60. The van der Waals surface area contributed by atoms with Crippen molar-refractivity contribution in [2.45, 2.75) is 43.4 Å². The summed E-state index contributed by atoms with van der Waals surface area (Å²) in [6.07, 6.45) is 5.91. The summed E-state index contributed by atoms with van der Waals surface area (Å²) in [5.41, 5.74) is 3.50. The smallest absolute Gasteiger partial charge is 0.240 e. The molecule has 1 heterocycles. The number of benzene rings is 2. The molecule has 0 saturated heterocycles. The van der Waals surface area contributed by atoms with Crippen molar-refractivity contribution < 1.29 is 8.42 Å². The second kappa shape index (κ2) is 7.47. The summed E-state index contributed by atoms with van der Waals surface area (Å²) in [6.45, 7) is 0.426. The van der Waals surface area contributed by atoms with Crippen LogP contribution in [0, 0.1) is 0 Å². The molecule has 4 rings (SSSR count). The fraction of sp³-hybridized carbons (Fsp3) is 0.350. The van der Waals surface area contributed by atoms with E-state index in [1.165, 1.54) is 22.2 Å². The number of hydrogen-bond acceptors (Lipinski definition) is 4. The van der Waals surface area contributed by atoms with Gasteiger partial charge in [-0.15, -0.1) is 11.3 Å². The van der Waals surface area contributed by atoms with Gasteiger partial charge in [-0.25, -0.2) is 18.1 Å². The minimum atomic E-state index is -3.44. The van der Waals surface area contributed by atoms with Crippen LogP contribution in [-0.2, 0) is 29.3 Å². The summed E-state index contributed by atoms with van der Waals surface area (Å²) in [4.78, 5) is 4.98. The molecule has 1 aliphatic rings. The molecule has 26 heavy (non-hydrogen) atoms. The Bertz CT molecular complexity index is 992. The second-order valence-electron chi connectivity index (χ2n) is 6.71. The standard InChI is InChI=1S/C20H22N2O2S2/c23-26(24,17-12-11-15-6-1-2-7-16(15)14-17)21-13-5-10-20-22-18-8-3-4-9-19(18)25-20/h3-4,8-9,11-12,14,21H,1-2,5-7,10,13H2. The topological polar surface area (TPSA) is 59.1 Å². The van der Waals surface area contributed by atoms with Gasteiger partial charge < -0.3 is 0 Å². The number of sulfonamides is 1. The number of nitrogens with zero attached hydrogens (tertiary/aromatic N) is 1. The van der Waals surface area contributed by atoms with E-state index in [0.717, 1.165) is 42.6 Å². The number of fused-ring (bicyclic) bond motifs is 2. The largest absolute Gasteiger partial charge is 0.241 e. The summed E-state index contributed by atoms with van der Waals surface area (Å²) < 4.78 is 29.0. The van der Waals surface area contributed by atoms with Crippen molar-refractivity contribution in [2.24, 2.45) is 0 Å². The molecule has 0 spiro atoms. The van der Waals surface area contributed by atoms with Crippen molar-refractivity contribution in [2.75, 3.05) is 6.54 Å². The van der Waals surface area contributed by atoms with Gasteiger partial charge in [0.2, 0.25) is 10.0 Å². The van der Waals surface area contributed by atoms with Crippen molar-refractivity contribution in [1.29, 1.82) is 0 Å². The highest BCUT2D eigenvalue weighted by Crippen LogP contribution is 2.24. The van der Waals surface area contributed by atoms with Crippen molar-refractivity contribution in [1.82, 2.24) is 9.71 Å². The first-order chi connectivity index (χ1) is 12.6. The van der Waals surface area contributed by atoms with Gasteiger partial charge >= 0.3 is 0 Å². The molecule has 0 unspecified atom stereocenters. The van der Waals surface area contributed by atoms with E-state index >= 15 is 0 Å². The van der Waals surface area contributed by atoms with Gasteiger partial charge in [-0.3, -0.25) is 0 Å². The first-order valence-electron chi connectivity index (χ1n) is 9.08. The molecule has 6 heteroatoms. The molecule has 0 radical (unpaired) electrons. The molecular weight excluding hydrogens is 364 g/mol. The molecule has 0 amide bonds. The van der Waals surface area contributed by atoms with E-state index in [1.54, 1.807) is 17.4 Å². The van der Waals surface area contributed by atoms with E-state index in [4.69, 9.17) is 0 Å². The summed E-state index contributed by atoms with van der Waals surface area (Å²) in [7, 11) is -3.44. The van der Waals surface area contributed by atoms with Gasteiger partial charge in [-0.1, -0.05) is 18.2 Å². The molecule has 136 valence electrons. The van der Waals surface area contributed by atoms with Crippen molar-refractivity contribution >= 4 is 31.6 Å². The molecule has 0 atom stereocenters. The van der Waals surface area contributed by atoms with Gasteiger partial charge in [0.15, 0.2) is 0 Å². The molecule has 0 saturated carbocycles. The van der Waals surface area contributed by atoms with Crippen LogP contribution in [0.4, 0.5) is 0 Å². The summed E-state index contributed by atoms with van der Waals surface area (Å²) in [5, 5.41) is 1.05. The van der Waals surface area contributed by atoms with Crippen molar-refractivity contribution in [3.63, 3.8) is 0 Å². The predicted octanol–water partition coefficient (Wildman–Crippen LogP) is 4.09. The minimum absolute atomic E-state index is 0.387. The molecular formula is C20H22N2O2S2. The summed E-state index contributed by atoms with van der Waals surface area (Å²) in [6, 6.07) is 13.6. The van der Waals surface area contributed by atoms with Crippen LogP contribution in [0.15, 0.2) is 47.4 Å². The van der Waals surface area contributed by atoms with Crippen LogP contribution < -0.4 is 4.72 Å². The van der Waals surface area contributed by atoms with Gasteiger partial charge in [-0.2, -0.15) is 0 Å². The van der Waals surface area contributed by atoms with Crippen LogP contribution >= 0.6 is 11.3 Å². The Morgan fingerprint density at radius 1 is 1.04 bits per heavy atom. The van der Waals surface area contributed by atoms with Gasteiger partial charge in [0.05, 0.1) is 20.1 Å². The molecule has 0 fully saturated rings. The number of para-hydroxylation sites is 1. The summed E-state index contributed by atoms with van der Waals surface area (Å²) >= 11 is 1.68. The zero-order chi connectivity index (χ0) is 18.0. The van der Waals surface area contributed by atoms with Crippen molar-refractivity contribution in [3.05, 3.63) is 58.6 Å². The van der Waals surface area contributed by atoms with Crippen LogP contribution in [0.1, 0.15) is 35.4 Å². The Hall–Kier alpha value is -1.76. The molecule has 1 aromatic heterocycles.